The van der Waals surface area contributed by atoms with Crippen LogP contribution in [0.1, 0.15) is 22.8 Å². The van der Waals surface area contributed by atoms with E-state index >= 15 is 0 Å². The van der Waals surface area contributed by atoms with E-state index in [0.717, 1.165) is 12.1 Å². The van der Waals surface area contributed by atoms with Gasteiger partial charge in [-0.05, 0) is 13.0 Å². The molecule has 8 nitrogen and oxygen atoms in total. The van der Waals surface area contributed by atoms with E-state index in [0.29, 0.717) is 6.07 Å². The Morgan fingerprint density at radius 3 is 2.67 bits per heavy atom. The van der Waals surface area contributed by atoms with Crippen LogP contribution in [0, 0.1) is 11.6 Å². The number of amides is 1. The van der Waals surface area contributed by atoms with Gasteiger partial charge in [-0.3, -0.25) is 14.6 Å². The topological polar surface area (TPSA) is 116 Å². The second-order valence-corrected chi connectivity index (χ2v) is 4.75. The zero-order valence-electron chi connectivity index (χ0n) is 12.5. The molecule has 0 bridgehead atoms. The van der Waals surface area contributed by atoms with Crippen molar-refractivity contribution in [3.05, 3.63) is 61.8 Å². The Kier molecular flexibility index (Phi) is 4.97. The number of hydrogen-bond acceptors (Lipinski definition) is 5. The fourth-order valence-electron chi connectivity index (χ4n) is 1.98. The quantitative estimate of drug-likeness (QED) is 0.589. The van der Waals surface area contributed by atoms with E-state index in [1.54, 1.807) is 6.92 Å². The van der Waals surface area contributed by atoms with Crippen molar-refractivity contribution in [2.75, 3.05) is 11.9 Å². The summed E-state index contributed by atoms with van der Waals surface area (Å²) in [6.07, 6.45) is 0. The molecule has 0 aliphatic carbocycles. The number of benzene rings is 1. The molecule has 0 spiro atoms. The third-order valence-corrected chi connectivity index (χ3v) is 3.12. The molecule has 2 rings (SSSR count). The number of carbonyl (C=O) groups excluding carboxylic acids is 1. The van der Waals surface area contributed by atoms with Crippen LogP contribution < -0.4 is 21.9 Å². The van der Waals surface area contributed by atoms with Gasteiger partial charge in [0.2, 0.25) is 0 Å². The number of H-pyrrole nitrogens is 1. The summed E-state index contributed by atoms with van der Waals surface area (Å²) in [6.45, 7) is 1.64. The first kappa shape index (κ1) is 17.2. The number of carbonyl (C=O) groups is 1. The van der Waals surface area contributed by atoms with Gasteiger partial charge in [-0.1, -0.05) is 10.8 Å². The number of halogens is 2. The molecule has 2 aromatic rings. The van der Waals surface area contributed by atoms with Crippen molar-refractivity contribution in [1.29, 1.82) is 0 Å². The number of anilines is 1. The lowest BCUT2D eigenvalue weighted by Gasteiger charge is -2.11. The van der Waals surface area contributed by atoms with E-state index < -0.39 is 34.4 Å². The highest BCUT2D eigenvalue weighted by Gasteiger charge is 2.20. The summed E-state index contributed by atoms with van der Waals surface area (Å²) >= 11 is 0. The van der Waals surface area contributed by atoms with Crippen molar-refractivity contribution in [3.63, 3.8) is 0 Å². The van der Waals surface area contributed by atoms with Crippen molar-refractivity contribution in [2.45, 2.75) is 13.5 Å². The maximum absolute atomic E-state index is 13.5. The minimum Gasteiger partial charge on any atom is -0.421 e. The Hall–Kier alpha value is -3.17. The van der Waals surface area contributed by atoms with Crippen LogP contribution >= 0.6 is 0 Å². The predicted molar refractivity (Wildman–Crippen MR) is 80.2 cm³/mol. The van der Waals surface area contributed by atoms with Gasteiger partial charge in [0.05, 0.1) is 0 Å². The first-order valence-corrected chi connectivity index (χ1v) is 6.89. The van der Waals surface area contributed by atoms with Crippen LogP contribution in [0.5, 0.6) is 0 Å². The molecule has 24 heavy (non-hydrogen) atoms. The van der Waals surface area contributed by atoms with E-state index in [4.69, 9.17) is 0 Å². The molecular formula is C14H14F2N4O4. The lowest BCUT2D eigenvalue weighted by atomic mass is 10.2. The normalized spacial score (nSPS) is 10.5. The molecular weight excluding hydrogens is 326 g/mol. The summed E-state index contributed by atoms with van der Waals surface area (Å²) in [6, 6.07) is 2.83. The smallest absolute Gasteiger partial charge is 0.363 e. The summed E-state index contributed by atoms with van der Waals surface area (Å²) < 4.78 is 26.1. The zero-order chi connectivity index (χ0) is 17.9. The number of nitrogens with one attached hydrogen (secondary N) is 3. The molecule has 0 aliphatic heterocycles. The van der Waals surface area contributed by atoms with Crippen molar-refractivity contribution < 1.29 is 18.8 Å². The molecule has 0 atom stereocenters. The Morgan fingerprint density at radius 2 is 2.04 bits per heavy atom. The SMILES string of the molecule is CCNc1[nH]c(=O)n(O)c(=O)c1C(=O)NCc1ccc(F)cc1F. The lowest BCUT2D eigenvalue weighted by Crippen LogP contribution is -2.41. The molecule has 1 aromatic heterocycles. The monoisotopic (exact) mass is 340 g/mol. The fraction of sp³-hybridized carbons (Fsp3) is 0.214. The molecule has 10 heteroatoms. The van der Waals surface area contributed by atoms with Crippen molar-refractivity contribution in [3.8, 4) is 0 Å². The molecule has 1 amide bonds. The number of nitrogens with zero attached hydrogens (tertiary/aromatic N) is 1. The second-order valence-electron chi connectivity index (χ2n) is 4.75. The molecule has 0 aliphatic rings. The zero-order valence-corrected chi connectivity index (χ0v) is 12.5. The van der Waals surface area contributed by atoms with Gasteiger partial charge in [0.1, 0.15) is 23.0 Å². The third-order valence-electron chi connectivity index (χ3n) is 3.12. The first-order chi connectivity index (χ1) is 11.3. The van der Waals surface area contributed by atoms with Crippen LogP contribution in [0.4, 0.5) is 14.6 Å². The van der Waals surface area contributed by atoms with Crippen LogP contribution in [0.25, 0.3) is 0 Å². The van der Waals surface area contributed by atoms with E-state index in [-0.39, 0.29) is 29.2 Å². The highest BCUT2D eigenvalue weighted by molar-refractivity contribution is 5.98. The Labute approximate surface area is 133 Å². The minimum atomic E-state index is -1.23. The average Bonchev–Trinajstić information content (AvgIpc) is 2.52. The average molecular weight is 340 g/mol. The van der Waals surface area contributed by atoms with Crippen LogP contribution in [-0.4, -0.2) is 27.4 Å². The van der Waals surface area contributed by atoms with Gasteiger partial charge in [0.25, 0.3) is 5.91 Å². The number of hydrogen-bond donors (Lipinski definition) is 4. The van der Waals surface area contributed by atoms with Gasteiger partial charge in [-0.25, -0.2) is 13.6 Å². The molecule has 1 heterocycles. The highest BCUT2D eigenvalue weighted by Crippen LogP contribution is 2.10. The summed E-state index contributed by atoms with van der Waals surface area (Å²) in [5.41, 5.74) is -2.88. The molecule has 0 saturated heterocycles. The van der Waals surface area contributed by atoms with Crippen molar-refractivity contribution in [1.82, 2.24) is 15.0 Å². The van der Waals surface area contributed by atoms with Gasteiger partial charge in [-0.2, -0.15) is 0 Å². The largest absolute Gasteiger partial charge is 0.421 e. The third kappa shape index (κ3) is 3.42. The summed E-state index contributed by atoms with van der Waals surface area (Å²) in [7, 11) is 0. The van der Waals surface area contributed by atoms with Crippen LogP contribution in [0.2, 0.25) is 0 Å². The maximum atomic E-state index is 13.5. The van der Waals surface area contributed by atoms with Gasteiger partial charge in [-0.15, -0.1) is 0 Å². The van der Waals surface area contributed by atoms with Gasteiger partial charge in [0.15, 0.2) is 0 Å². The van der Waals surface area contributed by atoms with Crippen LogP contribution in [-0.2, 0) is 6.54 Å². The molecule has 128 valence electrons. The Balaban J connectivity index is 2.31. The number of rotatable bonds is 5. The van der Waals surface area contributed by atoms with Gasteiger partial charge < -0.3 is 15.8 Å². The number of aromatic nitrogens is 2. The Bertz CT molecular complexity index is 891. The van der Waals surface area contributed by atoms with Crippen molar-refractivity contribution >= 4 is 11.7 Å². The molecule has 1 aromatic carbocycles. The van der Waals surface area contributed by atoms with Crippen molar-refractivity contribution in [2.24, 2.45) is 0 Å². The van der Waals surface area contributed by atoms with E-state index in [1.807, 2.05) is 0 Å². The molecule has 4 N–H and O–H groups in total. The van der Waals surface area contributed by atoms with Crippen LogP contribution in [0.15, 0.2) is 27.8 Å². The fourth-order valence-corrected chi connectivity index (χ4v) is 1.98. The standard InChI is InChI=1S/C14H14F2N4O4/c1-2-17-11-10(13(22)20(24)14(23)19-11)12(21)18-6-7-3-4-8(15)5-9(7)16/h3-5,17,24H,2,6H2,1H3,(H,18,21)(H,19,23). The van der Waals surface area contributed by atoms with E-state index in [2.05, 4.69) is 15.6 Å². The molecule has 0 unspecified atom stereocenters. The van der Waals surface area contributed by atoms with Gasteiger partial charge >= 0.3 is 11.2 Å². The molecule has 0 radical (unpaired) electrons. The van der Waals surface area contributed by atoms with E-state index in [9.17, 15) is 28.4 Å². The predicted octanol–water partition coefficient (Wildman–Crippen LogP) is 0.414. The summed E-state index contributed by atoms with van der Waals surface area (Å²) in [5.74, 6) is -2.74. The van der Waals surface area contributed by atoms with Crippen LogP contribution in [0.3, 0.4) is 0 Å². The lowest BCUT2D eigenvalue weighted by molar-refractivity contribution is 0.0939. The maximum Gasteiger partial charge on any atom is 0.363 e. The molecule has 0 saturated carbocycles. The molecule has 0 fully saturated rings. The van der Waals surface area contributed by atoms with E-state index in [1.165, 1.54) is 0 Å². The second kappa shape index (κ2) is 6.94. The highest BCUT2D eigenvalue weighted by atomic mass is 19.1. The summed E-state index contributed by atoms with van der Waals surface area (Å²) in [5, 5.41) is 14.2. The number of aromatic amines is 1. The first-order valence-electron chi connectivity index (χ1n) is 6.89. The minimum absolute atomic E-state index is 0.00324. The Morgan fingerprint density at radius 1 is 1.33 bits per heavy atom. The van der Waals surface area contributed by atoms with Gasteiger partial charge in [0, 0.05) is 24.7 Å². The summed E-state index contributed by atoms with van der Waals surface area (Å²) in [4.78, 5) is 37.6.